The third kappa shape index (κ3) is 4.79. The molecule has 0 radical (unpaired) electrons. The van der Waals surface area contributed by atoms with Crippen molar-refractivity contribution in [2.24, 2.45) is 0 Å². The van der Waals surface area contributed by atoms with Crippen LogP contribution < -0.4 is 10.2 Å². The molecule has 0 aromatic carbocycles. The van der Waals surface area contributed by atoms with Crippen molar-refractivity contribution in [3.8, 4) is 0 Å². The summed E-state index contributed by atoms with van der Waals surface area (Å²) < 4.78 is 46.4. The van der Waals surface area contributed by atoms with Gasteiger partial charge in [-0.05, 0) is 25.3 Å². The lowest BCUT2D eigenvalue weighted by molar-refractivity contribution is -0.147. The quantitative estimate of drug-likeness (QED) is 0.437. The van der Waals surface area contributed by atoms with Crippen molar-refractivity contribution in [1.82, 2.24) is 24.7 Å². The van der Waals surface area contributed by atoms with Crippen LogP contribution in [0.25, 0.3) is 10.2 Å². The molecular weight excluding hydrogens is 487 g/mol. The van der Waals surface area contributed by atoms with Gasteiger partial charge < -0.3 is 29.7 Å². The van der Waals surface area contributed by atoms with Crippen LogP contribution in [0.5, 0.6) is 0 Å². The summed E-state index contributed by atoms with van der Waals surface area (Å²) in [5.41, 5.74) is 0. The normalized spacial score (nSPS) is 22.7. The van der Waals surface area contributed by atoms with E-state index in [1.54, 1.807) is 11.3 Å². The number of aryl methyl sites for hydroxylation is 1. The number of thiophene rings is 1. The second-order valence-electron chi connectivity index (χ2n) is 8.68. The zero-order valence-corrected chi connectivity index (χ0v) is 19.8. The van der Waals surface area contributed by atoms with E-state index in [2.05, 4.69) is 20.5 Å². The standard InChI is InChI=1S/C21H26F3N7O3S/c1-2-12-9-13-17(30-3-4-31-16(10-30)28-29-19(31)21(22,23)24)26-20(27-18(13)35-12)25-11-7-14(33)15(8-11)34-6-5-32/h9,11,14-15,32-33H,2-8,10H2,1H3,(H,25,26,27). The maximum Gasteiger partial charge on any atom is 0.451 e. The number of hydrogen-bond donors (Lipinski definition) is 3. The number of nitrogens with one attached hydrogen (secondary N) is 1. The molecule has 2 aliphatic rings. The van der Waals surface area contributed by atoms with Crippen LogP contribution in [-0.4, -0.2) is 73.0 Å². The van der Waals surface area contributed by atoms with Gasteiger partial charge in [-0.25, -0.2) is 4.98 Å². The monoisotopic (exact) mass is 513 g/mol. The topological polar surface area (TPSA) is 121 Å². The summed E-state index contributed by atoms with van der Waals surface area (Å²) in [7, 11) is 0. The molecule has 0 amide bonds. The van der Waals surface area contributed by atoms with Crippen molar-refractivity contribution in [3.63, 3.8) is 0 Å². The molecule has 0 spiro atoms. The molecule has 190 valence electrons. The Kier molecular flexibility index (Phi) is 6.55. The van der Waals surface area contributed by atoms with Crippen LogP contribution in [0.3, 0.4) is 0 Å². The fourth-order valence-corrected chi connectivity index (χ4v) is 5.61. The van der Waals surface area contributed by atoms with E-state index in [1.807, 2.05) is 17.9 Å². The van der Waals surface area contributed by atoms with Gasteiger partial charge in [0.2, 0.25) is 11.8 Å². The molecule has 14 heteroatoms. The molecule has 1 aliphatic carbocycles. The summed E-state index contributed by atoms with van der Waals surface area (Å²) >= 11 is 1.55. The van der Waals surface area contributed by atoms with Gasteiger partial charge >= 0.3 is 6.18 Å². The minimum atomic E-state index is -4.55. The number of alkyl halides is 3. The average molecular weight is 514 g/mol. The summed E-state index contributed by atoms with van der Waals surface area (Å²) in [5.74, 6) is 0.269. The Labute approximate surface area is 202 Å². The Balaban J connectivity index is 1.42. The van der Waals surface area contributed by atoms with Gasteiger partial charge in [0.15, 0.2) is 5.82 Å². The fourth-order valence-electron chi connectivity index (χ4n) is 4.64. The smallest absolute Gasteiger partial charge is 0.394 e. The van der Waals surface area contributed by atoms with Gasteiger partial charge in [-0.2, -0.15) is 18.2 Å². The van der Waals surface area contributed by atoms with Crippen LogP contribution in [-0.2, 0) is 30.4 Å². The van der Waals surface area contributed by atoms with E-state index >= 15 is 0 Å². The summed E-state index contributed by atoms with van der Waals surface area (Å²) in [6, 6.07) is 1.90. The van der Waals surface area contributed by atoms with Gasteiger partial charge in [0.25, 0.3) is 0 Å². The van der Waals surface area contributed by atoms with E-state index in [9.17, 15) is 18.3 Å². The number of anilines is 2. The van der Waals surface area contributed by atoms with Crippen LogP contribution in [0.4, 0.5) is 24.9 Å². The summed E-state index contributed by atoms with van der Waals surface area (Å²) in [4.78, 5) is 13.2. The first-order valence-corrected chi connectivity index (χ1v) is 12.3. The van der Waals surface area contributed by atoms with Gasteiger partial charge in [-0.1, -0.05) is 6.92 Å². The van der Waals surface area contributed by atoms with Gasteiger partial charge in [0.1, 0.15) is 10.6 Å². The second kappa shape index (κ2) is 9.48. The fraction of sp³-hybridized carbons (Fsp3) is 0.619. The zero-order valence-electron chi connectivity index (χ0n) is 19.0. The highest BCUT2D eigenvalue weighted by Crippen LogP contribution is 2.36. The molecule has 3 aromatic heterocycles. The number of aliphatic hydroxyl groups is 2. The maximum atomic E-state index is 13.2. The van der Waals surface area contributed by atoms with Gasteiger partial charge in [0, 0.05) is 24.0 Å². The van der Waals surface area contributed by atoms with E-state index in [1.165, 1.54) is 0 Å². The van der Waals surface area contributed by atoms with Crippen LogP contribution >= 0.6 is 11.3 Å². The zero-order chi connectivity index (χ0) is 24.7. The summed E-state index contributed by atoms with van der Waals surface area (Å²) in [6.45, 7) is 2.64. The summed E-state index contributed by atoms with van der Waals surface area (Å²) in [5, 5.41) is 30.6. The minimum Gasteiger partial charge on any atom is -0.394 e. The summed E-state index contributed by atoms with van der Waals surface area (Å²) in [6.07, 6.45) is -3.79. The Bertz CT molecular complexity index is 1200. The Morgan fingerprint density at radius 3 is 2.80 bits per heavy atom. The molecule has 1 fully saturated rings. The third-order valence-corrected chi connectivity index (χ3v) is 7.48. The highest BCUT2D eigenvalue weighted by atomic mass is 32.1. The van der Waals surface area contributed by atoms with E-state index in [-0.39, 0.29) is 44.3 Å². The van der Waals surface area contributed by atoms with Gasteiger partial charge in [-0.15, -0.1) is 21.5 Å². The lowest BCUT2D eigenvalue weighted by Gasteiger charge is -2.29. The molecule has 0 bridgehead atoms. The Morgan fingerprint density at radius 1 is 1.23 bits per heavy atom. The molecule has 4 heterocycles. The number of nitrogens with zero attached hydrogens (tertiary/aromatic N) is 6. The van der Waals surface area contributed by atoms with Crippen molar-refractivity contribution in [1.29, 1.82) is 0 Å². The molecule has 10 nitrogen and oxygen atoms in total. The highest BCUT2D eigenvalue weighted by Gasteiger charge is 2.40. The number of halogens is 3. The largest absolute Gasteiger partial charge is 0.451 e. The maximum absolute atomic E-state index is 13.2. The molecule has 1 aliphatic heterocycles. The van der Waals surface area contributed by atoms with E-state index in [4.69, 9.17) is 14.8 Å². The Morgan fingerprint density at radius 2 is 2.06 bits per heavy atom. The van der Waals surface area contributed by atoms with Crippen LogP contribution in [0, 0.1) is 0 Å². The van der Waals surface area contributed by atoms with Gasteiger partial charge in [-0.3, -0.25) is 0 Å². The van der Waals surface area contributed by atoms with Crippen molar-refractivity contribution >= 4 is 33.3 Å². The predicted molar refractivity (Wildman–Crippen MR) is 122 cm³/mol. The van der Waals surface area contributed by atoms with Crippen molar-refractivity contribution in [3.05, 3.63) is 22.6 Å². The number of hydrogen-bond acceptors (Lipinski definition) is 10. The molecule has 3 unspecified atom stereocenters. The first-order valence-electron chi connectivity index (χ1n) is 11.5. The third-order valence-electron chi connectivity index (χ3n) is 6.31. The van der Waals surface area contributed by atoms with E-state index < -0.39 is 18.1 Å². The highest BCUT2D eigenvalue weighted by molar-refractivity contribution is 7.18. The molecule has 3 aromatic rings. The molecule has 3 atom stereocenters. The SMILES string of the molecule is CCc1cc2c(N3CCn4c(nnc4C(F)(F)F)C3)nc(NC3CC(O)C(OCCO)C3)nc2s1. The molecular formula is C21H26F3N7O3S. The van der Waals surface area contributed by atoms with Crippen molar-refractivity contribution in [2.75, 3.05) is 30.0 Å². The average Bonchev–Trinajstić information content (AvgIpc) is 3.52. The molecule has 35 heavy (non-hydrogen) atoms. The van der Waals surface area contributed by atoms with E-state index in [0.29, 0.717) is 31.2 Å². The lowest BCUT2D eigenvalue weighted by Crippen LogP contribution is -2.36. The first kappa shape index (κ1) is 24.2. The molecule has 1 saturated carbocycles. The van der Waals surface area contributed by atoms with E-state index in [0.717, 1.165) is 26.1 Å². The van der Waals surface area contributed by atoms with Gasteiger partial charge in [0.05, 0.1) is 37.4 Å². The first-order chi connectivity index (χ1) is 16.8. The number of fused-ring (bicyclic) bond motifs is 2. The number of aliphatic hydroxyl groups excluding tert-OH is 2. The molecule has 3 N–H and O–H groups in total. The lowest BCUT2D eigenvalue weighted by atomic mass is 10.2. The van der Waals surface area contributed by atoms with Crippen LogP contribution in [0.1, 0.15) is 36.3 Å². The number of ether oxygens (including phenoxy) is 1. The molecule has 5 rings (SSSR count). The predicted octanol–water partition coefficient (Wildman–Crippen LogP) is 2.20. The Hall–Kier alpha value is -2.55. The second-order valence-corrected chi connectivity index (χ2v) is 9.79. The van der Waals surface area contributed by atoms with Crippen LogP contribution in [0.15, 0.2) is 6.07 Å². The molecule has 0 saturated heterocycles. The van der Waals surface area contributed by atoms with Crippen molar-refractivity contribution in [2.45, 2.75) is 63.7 Å². The van der Waals surface area contributed by atoms with Crippen LogP contribution in [0.2, 0.25) is 0 Å². The van der Waals surface area contributed by atoms with Crippen molar-refractivity contribution < 1.29 is 28.1 Å². The number of aromatic nitrogens is 5. The number of rotatable bonds is 7. The minimum absolute atomic E-state index is 0.0922.